The van der Waals surface area contributed by atoms with Crippen molar-refractivity contribution in [1.29, 1.82) is 0 Å². The standard InChI is InChI=1S/2C18H20N2O2/c1-18(2,3)20(5)14-10-9-13-15-11(14)7-6-8-12(15)16(21)19(4)17(13)22;1-18(2,3)20-16(21)12-8-6-7-11-14(19(4)5)10-9-13(15(11)12)17(20)22/h2*6-10H,1-5H3. The predicted octanol–water partition coefficient (Wildman–Crippen LogP) is 6.60. The van der Waals surface area contributed by atoms with Gasteiger partial charge in [0.05, 0.1) is 0 Å². The van der Waals surface area contributed by atoms with Crippen LogP contribution in [0, 0.1) is 0 Å². The number of nitrogens with zero attached hydrogens (tertiary/aromatic N) is 4. The quantitative estimate of drug-likeness (QED) is 0.244. The van der Waals surface area contributed by atoms with Gasteiger partial charge in [0.15, 0.2) is 0 Å². The molecule has 0 atom stereocenters. The minimum Gasteiger partial charge on any atom is -0.377 e. The van der Waals surface area contributed by atoms with E-state index >= 15 is 0 Å². The molecule has 0 bridgehead atoms. The van der Waals surface area contributed by atoms with Crippen LogP contribution in [0.5, 0.6) is 0 Å². The van der Waals surface area contributed by atoms with E-state index < -0.39 is 5.54 Å². The van der Waals surface area contributed by atoms with Crippen LogP contribution in [0.4, 0.5) is 11.4 Å². The Morgan fingerprint density at radius 3 is 1.41 bits per heavy atom. The fraction of sp³-hybridized carbons (Fsp3) is 0.333. The van der Waals surface area contributed by atoms with E-state index in [0.29, 0.717) is 22.3 Å². The molecule has 44 heavy (non-hydrogen) atoms. The highest BCUT2D eigenvalue weighted by atomic mass is 16.2. The molecule has 228 valence electrons. The Kier molecular flexibility index (Phi) is 7.31. The Hall–Kier alpha value is -4.72. The molecule has 4 aromatic carbocycles. The monoisotopic (exact) mass is 592 g/mol. The molecule has 8 nitrogen and oxygen atoms in total. The number of benzene rings is 4. The maximum atomic E-state index is 12.8. The largest absolute Gasteiger partial charge is 0.377 e. The lowest BCUT2D eigenvalue weighted by Gasteiger charge is -2.37. The maximum Gasteiger partial charge on any atom is 0.261 e. The van der Waals surface area contributed by atoms with Crippen LogP contribution in [-0.2, 0) is 0 Å². The van der Waals surface area contributed by atoms with Crippen LogP contribution in [0.1, 0.15) is 83.0 Å². The minimum absolute atomic E-state index is 0.0562. The zero-order chi connectivity index (χ0) is 32.5. The van der Waals surface area contributed by atoms with Gasteiger partial charge >= 0.3 is 0 Å². The van der Waals surface area contributed by atoms with Crippen molar-refractivity contribution in [2.75, 3.05) is 38.0 Å². The molecule has 0 N–H and O–H groups in total. The Morgan fingerprint density at radius 1 is 0.545 bits per heavy atom. The molecule has 6 rings (SSSR count). The number of carbonyl (C=O) groups is 4. The van der Waals surface area contributed by atoms with Gasteiger partial charge in [-0.05, 0) is 77.9 Å². The van der Waals surface area contributed by atoms with E-state index in [1.54, 1.807) is 12.1 Å². The van der Waals surface area contributed by atoms with Gasteiger partial charge in [0, 0.05) is 94.4 Å². The van der Waals surface area contributed by atoms with Gasteiger partial charge in [-0.3, -0.25) is 29.0 Å². The van der Waals surface area contributed by atoms with Gasteiger partial charge in [-0.25, -0.2) is 0 Å². The lowest BCUT2D eigenvalue weighted by Crippen LogP contribution is -2.51. The summed E-state index contributed by atoms with van der Waals surface area (Å²) in [6.45, 7) is 12.0. The van der Waals surface area contributed by atoms with Crippen molar-refractivity contribution in [1.82, 2.24) is 9.80 Å². The summed E-state index contributed by atoms with van der Waals surface area (Å²) in [6.07, 6.45) is 0. The molecule has 0 saturated carbocycles. The second kappa shape index (κ2) is 10.5. The normalized spacial score (nSPS) is 14.7. The number of hydrogen-bond donors (Lipinski definition) is 0. The summed E-state index contributed by atoms with van der Waals surface area (Å²) in [4.78, 5) is 57.1. The third-order valence-corrected chi connectivity index (χ3v) is 8.49. The van der Waals surface area contributed by atoms with E-state index in [4.69, 9.17) is 0 Å². The molecule has 2 aliphatic heterocycles. The third-order valence-electron chi connectivity index (χ3n) is 8.49. The lowest BCUT2D eigenvalue weighted by atomic mass is 9.90. The summed E-state index contributed by atoms with van der Waals surface area (Å²) in [6, 6.07) is 18.9. The smallest absolute Gasteiger partial charge is 0.261 e. The molecule has 0 aromatic heterocycles. The van der Waals surface area contributed by atoms with E-state index in [-0.39, 0.29) is 29.2 Å². The van der Waals surface area contributed by atoms with Crippen LogP contribution in [0.15, 0.2) is 60.7 Å². The Morgan fingerprint density at radius 2 is 0.955 bits per heavy atom. The molecule has 4 aromatic rings. The van der Waals surface area contributed by atoms with Crippen LogP contribution >= 0.6 is 0 Å². The zero-order valence-electron chi connectivity index (χ0n) is 27.2. The number of carbonyl (C=O) groups excluding carboxylic acids is 4. The predicted molar refractivity (Wildman–Crippen MR) is 177 cm³/mol. The van der Waals surface area contributed by atoms with Crippen LogP contribution in [0.2, 0.25) is 0 Å². The van der Waals surface area contributed by atoms with Gasteiger partial charge in [-0.1, -0.05) is 24.3 Å². The van der Waals surface area contributed by atoms with Gasteiger partial charge in [-0.2, -0.15) is 0 Å². The first-order valence-electron chi connectivity index (χ1n) is 14.7. The molecular formula is C36H40N4O4. The highest BCUT2D eigenvalue weighted by Gasteiger charge is 2.39. The van der Waals surface area contributed by atoms with Crippen molar-refractivity contribution in [2.45, 2.75) is 52.6 Å². The first-order chi connectivity index (χ1) is 20.5. The van der Waals surface area contributed by atoms with Crippen molar-refractivity contribution in [3.05, 3.63) is 82.9 Å². The number of hydrogen-bond acceptors (Lipinski definition) is 6. The van der Waals surface area contributed by atoms with Crippen LogP contribution in [0.3, 0.4) is 0 Å². The van der Waals surface area contributed by atoms with E-state index in [1.807, 2.05) is 95.3 Å². The van der Waals surface area contributed by atoms with Gasteiger partial charge in [0.25, 0.3) is 23.6 Å². The molecule has 2 aliphatic rings. The molecule has 0 radical (unpaired) electrons. The summed E-state index contributed by atoms with van der Waals surface area (Å²) in [5.41, 5.74) is 3.82. The Balaban J connectivity index is 0.000000175. The molecule has 2 heterocycles. The first-order valence-corrected chi connectivity index (χ1v) is 14.7. The minimum atomic E-state index is -0.547. The van der Waals surface area contributed by atoms with Crippen LogP contribution in [0.25, 0.3) is 21.5 Å². The second-order valence-corrected chi connectivity index (χ2v) is 13.6. The van der Waals surface area contributed by atoms with Crippen molar-refractivity contribution in [3.8, 4) is 0 Å². The number of imide groups is 2. The lowest BCUT2D eigenvalue weighted by molar-refractivity contribution is 0.0459. The molecule has 8 heteroatoms. The van der Waals surface area contributed by atoms with Gasteiger partial charge in [0.1, 0.15) is 0 Å². The Labute approximate surface area is 258 Å². The fourth-order valence-corrected chi connectivity index (χ4v) is 5.94. The molecule has 4 amide bonds. The summed E-state index contributed by atoms with van der Waals surface area (Å²) < 4.78 is 0. The van der Waals surface area contributed by atoms with Gasteiger partial charge in [0.2, 0.25) is 0 Å². The molecular weight excluding hydrogens is 552 g/mol. The SMILES string of the molecule is CN(C)c1ccc2c3c(cccc13)C(=O)N(C(C)(C)C)C2=O.CN1C(=O)c2cccc3c(N(C)C(C)(C)C)ccc(c23)C1=O. The van der Waals surface area contributed by atoms with Gasteiger partial charge < -0.3 is 9.80 Å². The van der Waals surface area contributed by atoms with E-state index in [0.717, 1.165) is 32.9 Å². The summed E-state index contributed by atoms with van der Waals surface area (Å²) in [7, 11) is 7.47. The molecule has 0 spiro atoms. The number of rotatable bonds is 2. The highest BCUT2D eigenvalue weighted by Crippen LogP contribution is 2.38. The average molecular weight is 593 g/mol. The zero-order valence-corrected chi connectivity index (χ0v) is 27.2. The third kappa shape index (κ3) is 4.78. The van der Waals surface area contributed by atoms with E-state index in [2.05, 4.69) is 25.7 Å². The summed E-state index contributed by atoms with van der Waals surface area (Å²) in [5.74, 6) is -0.907. The first kappa shape index (κ1) is 30.7. The molecule has 0 aliphatic carbocycles. The van der Waals surface area contributed by atoms with Crippen molar-refractivity contribution in [2.24, 2.45) is 0 Å². The van der Waals surface area contributed by atoms with Gasteiger partial charge in [-0.15, -0.1) is 0 Å². The van der Waals surface area contributed by atoms with Crippen molar-refractivity contribution >= 4 is 56.5 Å². The van der Waals surface area contributed by atoms with Crippen LogP contribution < -0.4 is 9.80 Å². The molecule has 0 fully saturated rings. The molecule has 0 unspecified atom stereocenters. The molecule has 0 saturated heterocycles. The maximum absolute atomic E-state index is 12.8. The summed E-state index contributed by atoms with van der Waals surface area (Å²) in [5, 5.41) is 3.42. The van der Waals surface area contributed by atoms with Crippen LogP contribution in [-0.4, -0.2) is 72.7 Å². The Bertz CT molecular complexity index is 1830. The highest BCUT2D eigenvalue weighted by molar-refractivity contribution is 6.28. The van der Waals surface area contributed by atoms with E-state index in [1.165, 1.54) is 16.8 Å². The number of anilines is 2. The average Bonchev–Trinajstić information content (AvgIpc) is 2.95. The topological polar surface area (TPSA) is 81.2 Å². The fourth-order valence-electron chi connectivity index (χ4n) is 5.94. The van der Waals surface area contributed by atoms with Crippen molar-refractivity contribution in [3.63, 3.8) is 0 Å². The van der Waals surface area contributed by atoms with Crippen molar-refractivity contribution < 1.29 is 19.2 Å². The summed E-state index contributed by atoms with van der Waals surface area (Å²) >= 11 is 0. The number of amides is 4. The van der Waals surface area contributed by atoms with E-state index in [9.17, 15) is 19.2 Å². The second-order valence-electron chi connectivity index (χ2n) is 13.6.